The molecule has 2 heterocycles. The summed E-state index contributed by atoms with van der Waals surface area (Å²) in [5, 5.41) is 10.8. The molecule has 0 spiro atoms. The van der Waals surface area contributed by atoms with Crippen molar-refractivity contribution in [3.05, 3.63) is 65.4 Å². The highest BCUT2D eigenvalue weighted by Gasteiger charge is 2.33. The van der Waals surface area contributed by atoms with Crippen LogP contribution >= 0.6 is 0 Å². The standard InChI is InChI=1S/C22H22N2O3/c1-13(14-7-9-15(27-2)10-8-14)17-11-23-12-18(22(25)26)21-20(17)16-5-3-4-6-19(16)24-21/h3-10,12-13,17-18,24H,11H2,1-2H3,(H,25,26). The minimum Gasteiger partial charge on any atom is -0.497 e. The van der Waals surface area contributed by atoms with Crippen molar-refractivity contribution in [1.82, 2.24) is 4.98 Å². The third-order valence-corrected chi connectivity index (χ3v) is 5.53. The average molecular weight is 362 g/mol. The molecule has 0 aliphatic carbocycles. The molecule has 1 aliphatic rings. The smallest absolute Gasteiger partial charge is 0.318 e. The second kappa shape index (κ2) is 6.91. The van der Waals surface area contributed by atoms with E-state index < -0.39 is 11.9 Å². The minimum atomic E-state index is -0.885. The van der Waals surface area contributed by atoms with Crippen LogP contribution in [0.2, 0.25) is 0 Å². The summed E-state index contributed by atoms with van der Waals surface area (Å²) in [6, 6.07) is 16.1. The van der Waals surface area contributed by atoms with E-state index in [2.05, 4.69) is 35.1 Å². The lowest BCUT2D eigenvalue weighted by Gasteiger charge is -2.24. The van der Waals surface area contributed by atoms with Crippen LogP contribution in [0.3, 0.4) is 0 Å². The lowest BCUT2D eigenvalue weighted by molar-refractivity contribution is -0.137. The first-order chi connectivity index (χ1) is 13.1. The number of carboxylic acid groups (broad SMARTS) is 1. The normalized spacial score (nSPS) is 20.1. The highest BCUT2D eigenvalue weighted by Crippen LogP contribution is 2.42. The number of aromatic nitrogens is 1. The summed E-state index contributed by atoms with van der Waals surface area (Å²) in [6.45, 7) is 2.74. The zero-order chi connectivity index (χ0) is 19.0. The molecule has 0 amide bonds. The topological polar surface area (TPSA) is 74.7 Å². The molecule has 0 saturated carbocycles. The molecule has 1 aromatic heterocycles. The summed E-state index contributed by atoms with van der Waals surface area (Å²) >= 11 is 0. The van der Waals surface area contributed by atoms with Crippen LogP contribution in [0.15, 0.2) is 53.5 Å². The molecule has 0 bridgehead atoms. The molecule has 3 atom stereocenters. The van der Waals surface area contributed by atoms with E-state index in [0.29, 0.717) is 6.54 Å². The van der Waals surface area contributed by atoms with Gasteiger partial charge in [-0.3, -0.25) is 9.79 Å². The summed E-state index contributed by atoms with van der Waals surface area (Å²) in [6.07, 6.45) is 1.57. The molecule has 4 rings (SSSR count). The number of methoxy groups -OCH3 is 1. The molecule has 1 aliphatic heterocycles. The Kier molecular flexibility index (Phi) is 4.44. The maximum atomic E-state index is 11.8. The van der Waals surface area contributed by atoms with Gasteiger partial charge in [0.2, 0.25) is 0 Å². The summed E-state index contributed by atoms with van der Waals surface area (Å²) in [7, 11) is 1.66. The minimum absolute atomic E-state index is 0.0881. The monoisotopic (exact) mass is 362 g/mol. The molecule has 3 unspecified atom stereocenters. The number of carbonyl (C=O) groups is 1. The van der Waals surface area contributed by atoms with E-state index in [1.807, 2.05) is 30.3 Å². The molecule has 2 N–H and O–H groups in total. The van der Waals surface area contributed by atoms with Gasteiger partial charge in [-0.05, 0) is 35.2 Å². The number of rotatable bonds is 4. The number of aliphatic carboxylic acids is 1. The molecule has 0 fully saturated rings. The van der Waals surface area contributed by atoms with Gasteiger partial charge in [0.25, 0.3) is 0 Å². The van der Waals surface area contributed by atoms with E-state index in [1.54, 1.807) is 13.3 Å². The Bertz CT molecular complexity index is 1000. The van der Waals surface area contributed by atoms with E-state index in [0.717, 1.165) is 27.9 Å². The van der Waals surface area contributed by atoms with Crippen LogP contribution in [-0.2, 0) is 4.79 Å². The van der Waals surface area contributed by atoms with Crippen LogP contribution in [0, 0.1) is 0 Å². The summed E-state index contributed by atoms with van der Waals surface area (Å²) < 4.78 is 5.26. The Hall–Kier alpha value is -3.08. The molecule has 27 heavy (non-hydrogen) atoms. The second-order valence-corrected chi connectivity index (χ2v) is 7.00. The van der Waals surface area contributed by atoms with Crippen molar-refractivity contribution in [3.8, 4) is 5.75 Å². The number of para-hydroxylation sites is 1. The third-order valence-electron chi connectivity index (χ3n) is 5.53. The SMILES string of the molecule is COc1ccc(C(C)C2CN=CC(C(=O)O)c3[nH]c4ccccc4c32)cc1. The highest BCUT2D eigenvalue weighted by molar-refractivity contribution is 5.98. The number of hydrogen-bond acceptors (Lipinski definition) is 3. The third kappa shape index (κ3) is 2.99. The zero-order valence-corrected chi connectivity index (χ0v) is 15.3. The largest absolute Gasteiger partial charge is 0.497 e. The number of hydrogen-bond donors (Lipinski definition) is 2. The summed E-state index contributed by atoms with van der Waals surface area (Å²) in [5.74, 6) is -0.544. The molecule has 138 valence electrons. The van der Waals surface area contributed by atoms with E-state index in [9.17, 15) is 9.90 Å². The molecule has 3 aromatic rings. The van der Waals surface area contributed by atoms with Crippen LogP contribution in [-0.4, -0.2) is 35.9 Å². The number of H-pyrrole nitrogens is 1. The van der Waals surface area contributed by atoms with Crippen molar-refractivity contribution in [2.45, 2.75) is 24.7 Å². The number of aliphatic imine (C=N–C) groups is 1. The van der Waals surface area contributed by atoms with E-state index in [-0.39, 0.29) is 11.8 Å². The number of fused-ring (bicyclic) bond motifs is 3. The van der Waals surface area contributed by atoms with E-state index in [4.69, 9.17) is 4.74 Å². The Morgan fingerprint density at radius 3 is 2.67 bits per heavy atom. The van der Waals surface area contributed by atoms with Gasteiger partial charge in [-0.15, -0.1) is 0 Å². The van der Waals surface area contributed by atoms with Gasteiger partial charge >= 0.3 is 5.97 Å². The number of nitrogens with one attached hydrogen (secondary N) is 1. The van der Waals surface area contributed by atoms with Crippen molar-refractivity contribution in [1.29, 1.82) is 0 Å². The van der Waals surface area contributed by atoms with Crippen LogP contribution in [0.1, 0.15) is 41.5 Å². The van der Waals surface area contributed by atoms with Crippen LogP contribution in [0.25, 0.3) is 10.9 Å². The Labute approximate surface area is 157 Å². The fourth-order valence-corrected chi connectivity index (χ4v) is 4.01. The number of ether oxygens (including phenoxy) is 1. The van der Waals surface area contributed by atoms with Crippen molar-refractivity contribution in [3.63, 3.8) is 0 Å². The van der Waals surface area contributed by atoms with E-state index in [1.165, 1.54) is 5.56 Å². The molecule has 0 radical (unpaired) electrons. The Balaban J connectivity index is 1.84. The maximum Gasteiger partial charge on any atom is 0.318 e. The zero-order valence-electron chi connectivity index (χ0n) is 15.3. The van der Waals surface area contributed by atoms with Crippen LogP contribution in [0.4, 0.5) is 0 Å². The first kappa shape index (κ1) is 17.3. The van der Waals surface area contributed by atoms with Crippen molar-refractivity contribution >= 4 is 23.1 Å². The summed E-state index contributed by atoms with van der Waals surface area (Å²) in [5.41, 5.74) is 3.96. The molecule has 5 nitrogen and oxygen atoms in total. The van der Waals surface area contributed by atoms with Gasteiger partial charge in [-0.2, -0.15) is 0 Å². The predicted molar refractivity (Wildman–Crippen MR) is 106 cm³/mol. The Morgan fingerprint density at radius 2 is 1.96 bits per heavy atom. The summed E-state index contributed by atoms with van der Waals surface area (Å²) in [4.78, 5) is 19.7. The average Bonchev–Trinajstić information content (AvgIpc) is 2.95. The first-order valence-electron chi connectivity index (χ1n) is 9.07. The Morgan fingerprint density at radius 1 is 1.22 bits per heavy atom. The van der Waals surface area contributed by atoms with Gasteiger partial charge in [0.15, 0.2) is 0 Å². The van der Waals surface area contributed by atoms with Crippen LogP contribution < -0.4 is 4.74 Å². The van der Waals surface area contributed by atoms with Gasteiger partial charge < -0.3 is 14.8 Å². The van der Waals surface area contributed by atoms with Gasteiger partial charge in [0.1, 0.15) is 11.7 Å². The second-order valence-electron chi connectivity index (χ2n) is 7.00. The van der Waals surface area contributed by atoms with Crippen LogP contribution in [0.5, 0.6) is 5.75 Å². The molecule has 2 aromatic carbocycles. The predicted octanol–water partition coefficient (Wildman–Crippen LogP) is 4.32. The fraction of sp³-hybridized carbons (Fsp3) is 0.273. The quantitative estimate of drug-likeness (QED) is 0.726. The molecule has 5 heteroatoms. The van der Waals surface area contributed by atoms with Gasteiger partial charge in [0.05, 0.1) is 7.11 Å². The lowest BCUT2D eigenvalue weighted by Crippen LogP contribution is -2.16. The molecule has 0 saturated heterocycles. The maximum absolute atomic E-state index is 11.8. The van der Waals surface area contributed by atoms with Crippen molar-refractivity contribution in [2.24, 2.45) is 4.99 Å². The van der Waals surface area contributed by atoms with Gasteiger partial charge in [0, 0.05) is 35.3 Å². The number of benzene rings is 2. The fourth-order valence-electron chi connectivity index (χ4n) is 4.01. The number of aromatic amines is 1. The van der Waals surface area contributed by atoms with Crippen molar-refractivity contribution < 1.29 is 14.6 Å². The molecular weight excluding hydrogens is 340 g/mol. The molecular formula is C22H22N2O3. The van der Waals surface area contributed by atoms with E-state index >= 15 is 0 Å². The number of nitrogens with zero attached hydrogens (tertiary/aromatic N) is 1. The highest BCUT2D eigenvalue weighted by atomic mass is 16.5. The van der Waals surface area contributed by atoms with Gasteiger partial charge in [-0.25, -0.2) is 0 Å². The van der Waals surface area contributed by atoms with Crippen molar-refractivity contribution in [2.75, 3.05) is 13.7 Å². The first-order valence-corrected chi connectivity index (χ1v) is 9.07. The lowest BCUT2D eigenvalue weighted by atomic mass is 9.80. The van der Waals surface area contributed by atoms with Gasteiger partial charge in [-0.1, -0.05) is 37.3 Å². The number of carboxylic acids is 1.